The van der Waals surface area contributed by atoms with Crippen LogP contribution in [0.4, 0.5) is 0 Å². The minimum absolute atomic E-state index is 0.0456. The van der Waals surface area contributed by atoms with Crippen LogP contribution in [0.2, 0.25) is 0 Å². The number of amides is 2. The van der Waals surface area contributed by atoms with Crippen molar-refractivity contribution >= 4 is 46.3 Å². The van der Waals surface area contributed by atoms with Gasteiger partial charge in [-0.05, 0) is 34.7 Å². The first kappa shape index (κ1) is 24.8. The molecule has 184 valence electrons. The zero-order chi connectivity index (χ0) is 25.4. The Kier molecular flexibility index (Phi) is 6.89. The smallest absolute Gasteiger partial charge is 0.330 e. The Morgan fingerprint density at radius 2 is 1.74 bits per heavy atom. The Balaban J connectivity index is 1.76. The van der Waals surface area contributed by atoms with E-state index >= 15 is 0 Å². The number of nitrogens with zero attached hydrogens (tertiary/aromatic N) is 2. The molecule has 1 N–H and O–H groups in total. The number of fused-ring (bicyclic) bond motifs is 1. The van der Waals surface area contributed by atoms with E-state index in [0.29, 0.717) is 0 Å². The normalized spacial score (nSPS) is 22.1. The highest BCUT2D eigenvalue weighted by atomic mass is 127. The zero-order valence-corrected chi connectivity index (χ0v) is 20.7. The summed E-state index contributed by atoms with van der Waals surface area (Å²) in [6.45, 7) is 1.93. The van der Waals surface area contributed by atoms with Gasteiger partial charge in [-0.3, -0.25) is 38.4 Å². The van der Waals surface area contributed by atoms with E-state index in [9.17, 15) is 28.8 Å². The zero-order valence-electron chi connectivity index (χ0n) is 18.6. The molecule has 2 amide bonds. The topological polar surface area (TPSA) is 154 Å². The fourth-order valence-corrected chi connectivity index (χ4v) is 4.66. The molecule has 12 nitrogen and oxygen atoms in total. The van der Waals surface area contributed by atoms with Crippen LogP contribution in [0.15, 0.2) is 40.1 Å². The molecule has 1 fully saturated rings. The fraction of sp³-hybridized carbons (Fsp3) is 0.364. The summed E-state index contributed by atoms with van der Waals surface area (Å²) in [6, 6.07) is 5.32. The maximum Gasteiger partial charge on any atom is 0.330 e. The van der Waals surface area contributed by atoms with Gasteiger partial charge in [0.2, 0.25) is 0 Å². The average molecular weight is 597 g/mol. The maximum absolute atomic E-state index is 13.2. The second-order valence-corrected chi connectivity index (χ2v) is 9.14. The highest BCUT2D eigenvalue weighted by Crippen LogP contribution is 2.38. The summed E-state index contributed by atoms with van der Waals surface area (Å²) in [5.74, 6) is -2.48. The van der Waals surface area contributed by atoms with Gasteiger partial charge in [-0.2, -0.15) is 0 Å². The predicted octanol–water partition coefficient (Wildman–Crippen LogP) is 0.588. The van der Waals surface area contributed by atoms with Gasteiger partial charge in [0.1, 0.15) is 18.9 Å². The summed E-state index contributed by atoms with van der Waals surface area (Å²) >= 11 is 1.75. The number of carbonyl (C=O) groups is 4. The van der Waals surface area contributed by atoms with E-state index in [1.165, 1.54) is 25.3 Å². The van der Waals surface area contributed by atoms with E-state index in [1.54, 1.807) is 34.7 Å². The third-order valence-electron chi connectivity index (χ3n) is 5.66. The molecule has 2 aliphatic rings. The van der Waals surface area contributed by atoms with Gasteiger partial charge < -0.3 is 14.2 Å². The molecule has 1 aromatic carbocycles. The van der Waals surface area contributed by atoms with Crippen molar-refractivity contribution in [2.45, 2.75) is 44.7 Å². The molecule has 2 aliphatic heterocycles. The number of aromatic amines is 1. The van der Waals surface area contributed by atoms with E-state index in [4.69, 9.17) is 14.2 Å². The Bertz CT molecular complexity index is 1300. The summed E-state index contributed by atoms with van der Waals surface area (Å²) in [5.41, 5.74) is -0.920. The van der Waals surface area contributed by atoms with E-state index < -0.39 is 66.1 Å². The Hall–Kier alpha value is -3.33. The first-order valence-corrected chi connectivity index (χ1v) is 11.6. The second kappa shape index (κ2) is 9.73. The van der Waals surface area contributed by atoms with Crippen molar-refractivity contribution in [3.05, 3.63) is 66.0 Å². The van der Waals surface area contributed by atoms with Crippen LogP contribution in [0.3, 0.4) is 0 Å². The molecule has 35 heavy (non-hydrogen) atoms. The van der Waals surface area contributed by atoms with Crippen LogP contribution in [0.5, 0.6) is 0 Å². The van der Waals surface area contributed by atoms with Gasteiger partial charge in [-0.15, -0.1) is 0 Å². The molecule has 0 bridgehead atoms. The highest BCUT2D eigenvalue weighted by molar-refractivity contribution is 14.1. The summed E-state index contributed by atoms with van der Waals surface area (Å²) < 4.78 is 17.8. The molecule has 13 heteroatoms. The molecule has 0 radical (unpaired) electrons. The molecule has 2 aromatic rings. The molecule has 3 heterocycles. The first-order chi connectivity index (χ1) is 16.6. The van der Waals surface area contributed by atoms with Crippen LogP contribution in [0.1, 0.15) is 47.2 Å². The average Bonchev–Trinajstić information content (AvgIpc) is 3.33. The second-order valence-electron chi connectivity index (χ2n) is 7.98. The molecule has 1 saturated heterocycles. The summed E-state index contributed by atoms with van der Waals surface area (Å²) in [6.07, 6.45) is -2.10. The number of rotatable bonds is 6. The molecule has 1 aromatic heterocycles. The Morgan fingerprint density at radius 3 is 2.31 bits per heavy atom. The van der Waals surface area contributed by atoms with Gasteiger partial charge >= 0.3 is 17.6 Å². The molecule has 0 spiro atoms. The highest BCUT2D eigenvalue weighted by Gasteiger charge is 2.51. The van der Waals surface area contributed by atoms with Crippen molar-refractivity contribution in [3.63, 3.8) is 0 Å². The number of esters is 2. The van der Waals surface area contributed by atoms with Crippen molar-refractivity contribution < 1.29 is 33.4 Å². The number of aromatic nitrogens is 2. The molecule has 0 unspecified atom stereocenters. The molecular weight excluding hydrogens is 577 g/mol. The summed E-state index contributed by atoms with van der Waals surface area (Å²) in [4.78, 5) is 77.2. The number of hydrogen-bond acceptors (Lipinski definition) is 9. The number of halogens is 1. The van der Waals surface area contributed by atoms with Crippen LogP contribution < -0.4 is 11.2 Å². The standard InChI is InChI=1S/C22H20IN3O9/c1-10(27)33-9-16(34-11(2)28)18-15(26-20(30)12-5-3-4-6-13(12)21(26)31)7-17(35-18)25-8-14(23)19(29)24-22(25)32/h3-6,8,15-18H,7,9H2,1-2H3,(H,24,29,32)/t15-,16-,17+,18+/m1/s1. The van der Waals surface area contributed by atoms with Crippen molar-refractivity contribution in [2.24, 2.45) is 0 Å². The quantitative estimate of drug-likeness (QED) is 0.286. The van der Waals surface area contributed by atoms with Crippen molar-refractivity contribution in [1.82, 2.24) is 14.5 Å². The Labute approximate surface area is 211 Å². The predicted molar refractivity (Wildman–Crippen MR) is 125 cm³/mol. The molecule has 0 saturated carbocycles. The molecule has 0 aliphatic carbocycles. The van der Waals surface area contributed by atoms with Gasteiger partial charge in [0, 0.05) is 26.5 Å². The van der Waals surface area contributed by atoms with Crippen molar-refractivity contribution in [1.29, 1.82) is 0 Å². The van der Waals surface area contributed by atoms with Gasteiger partial charge in [0.15, 0.2) is 6.10 Å². The van der Waals surface area contributed by atoms with Crippen molar-refractivity contribution in [2.75, 3.05) is 6.61 Å². The molecular formula is C22H20IN3O9. The van der Waals surface area contributed by atoms with E-state index in [2.05, 4.69) is 4.98 Å². The summed E-state index contributed by atoms with van der Waals surface area (Å²) in [7, 11) is 0. The fourth-order valence-electron chi connectivity index (χ4n) is 4.23. The largest absolute Gasteiger partial charge is 0.462 e. The number of benzene rings is 1. The van der Waals surface area contributed by atoms with E-state index in [1.807, 2.05) is 0 Å². The van der Waals surface area contributed by atoms with Crippen LogP contribution in [-0.2, 0) is 23.8 Å². The number of H-pyrrole nitrogens is 1. The first-order valence-electron chi connectivity index (χ1n) is 10.5. The van der Waals surface area contributed by atoms with Crippen LogP contribution in [0.25, 0.3) is 0 Å². The lowest BCUT2D eigenvalue weighted by Crippen LogP contribution is -2.51. The van der Waals surface area contributed by atoms with Gasteiger partial charge in [-0.1, -0.05) is 12.1 Å². The van der Waals surface area contributed by atoms with Gasteiger partial charge in [-0.25, -0.2) is 4.79 Å². The van der Waals surface area contributed by atoms with Crippen LogP contribution in [0, 0.1) is 3.57 Å². The Morgan fingerprint density at radius 1 is 1.11 bits per heavy atom. The third-order valence-corrected chi connectivity index (χ3v) is 6.43. The van der Waals surface area contributed by atoms with E-state index in [0.717, 1.165) is 16.4 Å². The minimum Gasteiger partial charge on any atom is -0.462 e. The SMILES string of the molecule is CC(=O)OC[C@@H](OC(C)=O)[C@H]1O[C@H](n2cc(I)c(=O)[nH]c2=O)C[C@H]1N1C(=O)c2ccccc2C1=O. The number of ether oxygens (including phenoxy) is 3. The van der Waals surface area contributed by atoms with Crippen molar-refractivity contribution in [3.8, 4) is 0 Å². The number of carbonyl (C=O) groups excluding carboxylic acids is 4. The van der Waals surface area contributed by atoms with Gasteiger partial charge in [0.25, 0.3) is 17.4 Å². The number of hydrogen-bond donors (Lipinski definition) is 1. The van der Waals surface area contributed by atoms with Crippen LogP contribution in [-0.4, -0.2) is 63.1 Å². The minimum atomic E-state index is -1.19. The summed E-state index contributed by atoms with van der Waals surface area (Å²) in [5, 5.41) is 0. The third kappa shape index (κ3) is 4.77. The lowest BCUT2D eigenvalue weighted by atomic mass is 10.0. The van der Waals surface area contributed by atoms with E-state index in [-0.39, 0.29) is 21.1 Å². The number of nitrogens with one attached hydrogen (secondary N) is 1. The molecule has 4 atom stereocenters. The van der Waals surface area contributed by atoms with Crippen LogP contribution >= 0.6 is 22.6 Å². The lowest BCUT2D eigenvalue weighted by Gasteiger charge is -2.31. The molecule has 4 rings (SSSR count). The van der Waals surface area contributed by atoms with Gasteiger partial charge in [0.05, 0.1) is 20.7 Å². The lowest BCUT2D eigenvalue weighted by molar-refractivity contribution is -0.169. The monoisotopic (exact) mass is 597 g/mol. The number of imide groups is 1. The maximum atomic E-state index is 13.2.